The van der Waals surface area contributed by atoms with Crippen LogP contribution < -0.4 is 14.8 Å². The van der Waals surface area contributed by atoms with Crippen molar-refractivity contribution in [2.24, 2.45) is 0 Å². The summed E-state index contributed by atoms with van der Waals surface area (Å²) in [5.41, 5.74) is -0.0571. The summed E-state index contributed by atoms with van der Waals surface area (Å²) in [6.45, 7) is 0. The van der Waals surface area contributed by atoms with Gasteiger partial charge in [0.05, 0.1) is 31.8 Å². The monoisotopic (exact) mass is 466 g/mol. The Morgan fingerprint density at radius 1 is 1.09 bits per heavy atom. The van der Waals surface area contributed by atoms with Crippen molar-refractivity contribution in [3.05, 3.63) is 75.0 Å². The van der Waals surface area contributed by atoms with Gasteiger partial charge in [0.1, 0.15) is 11.7 Å². The van der Waals surface area contributed by atoms with Gasteiger partial charge >= 0.3 is 5.97 Å². The Kier molecular flexibility index (Phi) is 5.91. The zero-order chi connectivity index (χ0) is 24.4. The van der Waals surface area contributed by atoms with E-state index in [2.05, 4.69) is 20.8 Å². The minimum Gasteiger partial charge on any atom is -0.493 e. The van der Waals surface area contributed by atoms with E-state index < -0.39 is 22.7 Å². The van der Waals surface area contributed by atoms with Gasteiger partial charge in [-0.25, -0.2) is 4.79 Å². The molecule has 0 saturated heterocycles. The molecule has 1 atom stereocenters. The van der Waals surface area contributed by atoms with Crippen LogP contribution in [0.1, 0.15) is 22.0 Å². The molecule has 0 amide bonds. The van der Waals surface area contributed by atoms with E-state index in [4.69, 9.17) is 14.2 Å². The molecular formula is C21H18N6O7. The average molecular weight is 466 g/mol. The molecule has 1 aromatic heterocycles. The van der Waals surface area contributed by atoms with Crippen molar-refractivity contribution in [3.63, 3.8) is 0 Å². The molecule has 0 radical (unpaired) electrons. The number of nitro groups is 1. The van der Waals surface area contributed by atoms with Crippen LogP contribution >= 0.6 is 0 Å². The topological polar surface area (TPSA) is 161 Å². The molecule has 2 aromatic carbocycles. The second-order valence-corrected chi connectivity index (χ2v) is 7.01. The van der Waals surface area contributed by atoms with Gasteiger partial charge in [0.2, 0.25) is 5.95 Å². The number of hydrogen-bond acceptors (Lipinski definition) is 11. The first-order valence-electron chi connectivity index (χ1n) is 9.78. The predicted molar refractivity (Wildman–Crippen MR) is 116 cm³/mol. The lowest BCUT2D eigenvalue weighted by atomic mass is 9.89. The van der Waals surface area contributed by atoms with Crippen LogP contribution in [0.2, 0.25) is 0 Å². The third kappa shape index (κ3) is 3.79. The zero-order valence-corrected chi connectivity index (χ0v) is 18.2. The van der Waals surface area contributed by atoms with E-state index in [1.165, 1.54) is 37.1 Å². The summed E-state index contributed by atoms with van der Waals surface area (Å²) >= 11 is 0. The molecule has 0 unspecified atom stereocenters. The lowest BCUT2D eigenvalue weighted by molar-refractivity contribution is -0.384. The Hall–Kier alpha value is -4.81. The fraction of sp³-hybridized carbons (Fsp3) is 0.190. The first-order chi connectivity index (χ1) is 16.4. The number of nitro benzene ring substituents is 1. The molecule has 1 aliphatic heterocycles. The SMILES string of the molecule is COC(=O)C1=C(C(=O)c2cccc([N+](=O)[O-])c2)[C@H](c2ccc(OC)c(OC)c2)n2nnnc2N1. The van der Waals surface area contributed by atoms with E-state index in [0.717, 1.165) is 13.2 Å². The summed E-state index contributed by atoms with van der Waals surface area (Å²) in [5.74, 6) is -0.586. The molecule has 0 saturated carbocycles. The van der Waals surface area contributed by atoms with Crippen LogP contribution in [0.3, 0.4) is 0 Å². The van der Waals surface area contributed by atoms with Crippen molar-refractivity contribution in [1.82, 2.24) is 20.2 Å². The van der Waals surface area contributed by atoms with Gasteiger partial charge in [0.25, 0.3) is 5.69 Å². The maximum absolute atomic E-state index is 13.7. The highest BCUT2D eigenvalue weighted by atomic mass is 16.6. The summed E-state index contributed by atoms with van der Waals surface area (Å²) in [5, 5.41) is 25.5. The third-order valence-corrected chi connectivity index (χ3v) is 5.19. The minimum atomic E-state index is -0.994. The number of hydrogen-bond donors (Lipinski definition) is 1. The van der Waals surface area contributed by atoms with Gasteiger partial charge in [-0.3, -0.25) is 14.9 Å². The van der Waals surface area contributed by atoms with Crippen LogP contribution in [0, 0.1) is 10.1 Å². The predicted octanol–water partition coefficient (Wildman–Crippen LogP) is 1.92. The summed E-state index contributed by atoms with van der Waals surface area (Å²) < 4.78 is 16.9. The maximum Gasteiger partial charge on any atom is 0.355 e. The van der Waals surface area contributed by atoms with Crippen molar-refractivity contribution < 1.29 is 28.7 Å². The molecule has 0 aliphatic carbocycles. The van der Waals surface area contributed by atoms with E-state index in [0.29, 0.717) is 17.1 Å². The van der Waals surface area contributed by atoms with Crippen LogP contribution in [-0.4, -0.2) is 58.2 Å². The number of Topliss-reactive ketones (excluding diaryl/α,β-unsaturated/α-hetero) is 1. The van der Waals surface area contributed by atoms with Gasteiger partial charge in [-0.15, -0.1) is 0 Å². The normalized spacial score (nSPS) is 14.6. The first-order valence-corrected chi connectivity index (χ1v) is 9.78. The maximum atomic E-state index is 13.7. The van der Waals surface area contributed by atoms with Crippen LogP contribution in [0.25, 0.3) is 0 Å². The second-order valence-electron chi connectivity index (χ2n) is 7.01. The number of aromatic nitrogens is 4. The largest absolute Gasteiger partial charge is 0.493 e. The van der Waals surface area contributed by atoms with Crippen molar-refractivity contribution in [3.8, 4) is 11.5 Å². The number of esters is 1. The number of nitrogens with one attached hydrogen (secondary N) is 1. The van der Waals surface area contributed by atoms with E-state index in [9.17, 15) is 19.7 Å². The molecule has 1 N–H and O–H groups in total. The number of rotatable bonds is 7. The number of tetrazole rings is 1. The summed E-state index contributed by atoms with van der Waals surface area (Å²) in [4.78, 5) is 37.1. The Bertz CT molecular complexity index is 1330. The number of benzene rings is 2. The van der Waals surface area contributed by atoms with Crippen molar-refractivity contribution in [1.29, 1.82) is 0 Å². The van der Waals surface area contributed by atoms with Crippen molar-refractivity contribution >= 4 is 23.4 Å². The lowest BCUT2D eigenvalue weighted by Gasteiger charge is -2.28. The molecule has 0 fully saturated rings. The Labute approximate surface area is 192 Å². The van der Waals surface area contributed by atoms with Crippen LogP contribution in [0.5, 0.6) is 11.5 Å². The highest BCUT2D eigenvalue weighted by molar-refractivity contribution is 6.15. The Morgan fingerprint density at radius 2 is 1.85 bits per heavy atom. The fourth-order valence-corrected chi connectivity index (χ4v) is 3.64. The lowest BCUT2D eigenvalue weighted by Crippen LogP contribution is -2.33. The van der Waals surface area contributed by atoms with Gasteiger partial charge in [0, 0.05) is 17.7 Å². The molecule has 1 aliphatic rings. The van der Waals surface area contributed by atoms with Gasteiger partial charge in [-0.2, -0.15) is 4.68 Å². The standard InChI is InChI=1S/C21H18N6O7/c1-32-14-8-7-11(10-15(14)33-2)18-16(19(28)12-5-4-6-13(9-12)27(30)31)17(20(29)34-3)22-21-23-24-25-26(18)21/h4-10,18H,1-3H3,(H,22,23,25)/t18-/m0/s1. The number of anilines is 1. The summed E-state index contributed by atoms with van der Waals surface area (Å²) in [6, 6.07) is 9.11. The molecule has 174 valence electrons. The average Bonchev–Trinajstić information content (AvgIpc) is 3.34. The molecule has 3 aromatic rings. The molecule has 34 heavy (non-hydrogen) atoms. The molecule has 4 rings (SSSR count). The van der Waals surface area contributed by atoms with Gasteiger partial charge in [-0.1, -0.05) is 23.3 Å². The van der Waals surface area contributed by atoms with E-state index in [1.807, 2.05) is 0 Å². The van der Waals surface area contributed by atoms with Crippen molar-refractivity contribution in [2.45, 2.75) is 6.04 Å². The fourth-order valence-electron chi connectivity index (χ4n) is 3.64. The summed E-state index contributed by atoms with van der Waals surface area (Å²) in [7, 11) is 4.10. The molecule has 13 heteroatoms. The number of allylic oxidation sites excluding steroid dienone is 1. The van der Waals surface area contributed by atoms with E-state index in [-0.39, 0.29) is 28.5 Å². The number of carbonyl (C=O) groups is 2. The highest BCUT2D eigenvalue weighted by Crippen LogP contribution is 2.39. The molecule has 0 bridgehead atoms. The quantitative estimate of drug-likeness (QED) is 0.234. The van der Waals surface area contributed by atoms with Gasteiger partial charge in [-0.05, 0) is 28.1 Å². The Balaban J connectivity index is 1.96. The van der Waals surface area contributed by atoms with E-state index >= 15 is 0 Å². The molecule has 13 nitrogen and oxygen atoms in total. The van der Waals surface area contributed by atoms with Crippen molar-refractivity contribution in [2.75, 3.05) is 26.6 Å². The first kappa shape index (κ1) is 22.4. The zero-order valence-electron chi connectivity index (χ0n) is 18.2. The third-order valence-electron chi connectivity index (χ3n) is 5.19. The number of fused-ring (bicyclic) bond motifs is 1. The van der Waals surface area contributed by atoms with E-state index in [1.54, 1.807) is 18.2 Å². The van der Waals surface area contributed by atoms with Crippen LogP contribution in [-0.2, 0) is 9.53 Å². The van der Waals surface area contributed by atoms with Gasteiger partial charge in [0.15, 0.2) is 17.3 Å². The smallest absolute Gasteiger partial charge is 0.355 e. The van der Waals surface area contributed by atoms with Crippen LogP contribution in [0.15, 0.2) is 53.7 Å². The summed E-state index contributed by atoms with van der Waals surface area (Å²) in [6.07, 6.45) is 0. The van der Waals surface area contributed by atoms with Crippen LogP contribution in [0.4, 0.5) is 11.6 Å². The highest BCUT2D eigenvalue weighted by Gasteiger charge is 2.39. The number of nitrogens with zero attached hydrogens (tertiary/aromatic N) is 5. The number of methoxy groups -OCH3 is 3. The number of carbonyl (C=O) groups excluding carboxylic acids is 2. The number of ketones is 1. The molecular weight excluding hydrogens is 448 g/mol. The number of non-ortho nitro benzene ring substituents is 1. The molecule has 2 heterocycles. The van der Waals surface area contributed by atoms with Gasteiger partial charge < -0.3 is 19.5 Å². The second kappa shape index (κ2) is 8.97. The minimum absolute atomic E-state index is 0.00518. The number of ether oxygens (including phenoxy) is 3. The molecule has 0 spiro atoms. The Morgan fingerprint density at radius 3 is 2.53 bits per heavy atom.